The van der Waals surface area contributed by atoms with E-state index in [-0.39, 0.29) is 7.43 Å². The summed E-state index contributed by atoms with van der Waals surface area (Å²) >= 11 is 0. The molecule has 0 unspecified atom stereocenters. The van der Waals surface area contributed by atoms with Crippen LogP contribution in [-0.2, 0) is 0 Å². The summed E-state index contributed by atoms with van der Waals surface area (Å²) in [5, 5.41) is 0. The molecule has 2 aromatic rings. The zero-order valence-electron chi connectivity index (χ0n) is 17.1. The fourth-order valence-corrected chi connectivity index (χ4v) is 2.03. The van der Waals surface area contributed by atoms with Crippen LogP contribution in [0.2, 0.25) is 0 Å². The van der Waals surface area contributed by atoms with Crippen LogP contribution in [0.25, 0.3) is 0 Å². The van der Waals surface area contributed by atoms with E-state index in [1.165, 1.54) is 11.1 Å². The first kappa shape index (κ1) is 30.3. The van der Waals surface area contributed by atoms with E-state index in [9.17, 15) is 0 Å². The molecule has 140 valence electrons. The minimum Gasteiger partial charge on any atom is -0.0776 e. The lowest BCUT2D eigenvalue weighted by molar-refractivity contribution is 0.777. The molecule has 0 aliphatic heterocycles. The van der Waals surface area contributed by atoms with Crippen molar-refractivity contribution in [3.05, 3.63) is 71.8 Å². The molecule has 0 fully saturated rings. The third-order valence-electron chi connectivity index (χ3n) is 2.81. The monoisotopic (exact) mass is 332 g/mol. The second-order valence-electron chi connectivity index (χ2n) is 3.78. The van der Waals surface area contributed by atoms with Gasteiger partial charge in [0.1, 0.15) is 0 Å². The van der Waals surface area contributed by atoms with E-state index in [2.05, 4.69) is 67.6 Å². The molecule has 0 aliphatic carbocycles. The van der Waals surface area contributed by atoms with Crippen molar-refractivity contribution in [2.45, 2.75) is 82.1 Å². The Hall–Kier alpha value is -1.56. The average Bonchev–Trinajstić information content (AvgIpc) is 2.70. The molecule has 2 rings (SSSR count). The van der Waals surface area contributed by atoms with Crippen molar-refractivity contribution in [2.75, 3.05) is 0 Å². The molecule has 0 saturated heterocycles. The molecular weight excluding hydrogens is 288 g/mol. The van der Waals surface area contributed by atoms with Crippen molar-refractivity contribution in [1.82, 2.24) is 0 Å². The summed E-state index contributed by atoms with van der Waals surface area (Å²) in [7, 11) is 0. The second-order valence-corrected chi connectivity index (χ2v) is 3.78. The van der Waals surface area contributed by atoms with Crippen molar-refractivity contribution in [3.63, 3.8) is 0 Å². The minimum absolute atomic E-state index is 0. The maximum atomic E-state index is 2.24. The molecule has 0 heteroatoms. The summed E-state index contributed by atoms with van der Waals surface area (Å²) in [5.74, 6) is 0.535. The van der Waals surface area contributed by atoms with Gasteiger partial charge in [-0.05, 0) is 17.5 Å². The lowest BCUT2D eigenvalue weighted by Crippen LogP contribution is -1.98. The smallest absolute Gasteiger partial charge is 0.00867 e. The van der Waals surface area contributed by atoms with E-state index in [0.29, 0.717) is 5.92 Å². The van der Waals surface area contributed by atoms with Crippen LogP contribution in [0.5, 0.6) is 0 Å². The summed E-state index contributed by atoms with van der Waals surface area (Å²) < 4.78 is 0. The molecule has 0 spiro atoms. The van der Waals surface area contributed by atoms with Crippen LogP contribution in [0.3, 0.4) is 0 Å². The molecule has 0 amide bonds. The molecule has 0 heterocycles. The van der Waals surface area contributed by atoms with Crippen LogP contribution in [-0.4, -0.2) is 0 Å². The third-order valence-corrected chi connectivity index (χ3v) is 2.81. The van der Waals surface area contributed by atoms with E-state index in [1.54, 1.807) is 0 Å². The van der Waals surface area contributed by atoms with Gasteiger partial charge in [-0.15, -0.1) is 0 Å². The van der Waals surface area contributed by atoms with Gasteiger partial charge in [0.25, 0.3) is 0 Å². The van der Waals surface area contributed by atoms with Gasteiger partial charge >= 0.3 is 0 Å². The van der Waals surface area contributed by atoms with Crippen molar-refractivity contribution in [1.29, 1.82) is 0 Å². The molecule has 0 atom stereocenters. The number of rotatable bonds is 3. The Morgan fingerprint density at radius 1 is 0.542 bits per heavy atom. The first-order valence-corrected chi connectivity index (χ1v) is 9.51. The normalized spacial score (nSPS) is 7.58. The topological polar surface area (TPSA) is 0 Å². The maximum Gasteiger partial charge on any atom is 0.00867 e. The quantitative estimate of drug-likeness (QED) is 0.526. The Morgan fingerprint density at radius 3 is 1.00 bits per heavy atom. The van der Waals surface area contributed by atoms with Gasteiger partial charge in [0, 0.05) is 5.92 Å². The molecule has 0 nitrogen and oxygen atoms in total. The summed E-state index contributed by atoms with van der Waals surface area (Å²) in [4.78, 5) is 0. The van der Waals surface area contributed by atoms with Crippen LogP contribution < -0.4 is 0 Å². The SMILES string of the molecule is C.CC.CC.CC.CC.CCC(c1ccccc1)c1ccccc1. The van der Waals surface area contributed by atoms with Gasteiger partial charge in [-0.25, -0.2) is 0 Å². The van der Waals surface area contributed by atoms with Crippen LogP contribution in [0.15, 0.2) is 60.7 Å². The summed E-state index contributed by atoms with van der Waals surface area (Å²) in [6.45, 7) is 18.2. The molecule has 24 heavy (non-hydrogen) atoms. The summed E-state index contributed by atoms with van der Waals surface area (Å²) in [6.07, 6.45) is 1.15. The zero-order valence-corrected chi connectivity index (χ0v) is 17.1. The zero-order chi connectivity index (χ0) is 18.5. The van der Waals surface area contributed by atoms with Gasteiger partial charge in [-0.1, -0.05) is 130 Å². The molecular formula is C24H44. The van der Waals surface area contributed by atoms with E-state index in [0.717, 1.165) is 6.42 Å². The lowest BCUT2D eigenvalue weighted by atomic mass is 9.89. The molecule has 0 aromatic heterocycles. The van der Waals surface area contributed by atoms with Gasteiger partial charge in [-0.2, -0.15) is 0 Å². The second kappa shape index (κ2) is 26.3. The predicted molar refractivity (Wildman–Crippen MR) is 117 cm³/mol. The fraction of sp³-hybridized carbons (Fsp3) is 0.500. The van der Waals surface area contributed by atoms with Crippen LogP contribution in [0, 0.1) is 0 Å². The fourth-order valence-electron chi connectivity index (χ4n) is 2.03. The Morgan fingerprint density at radius 2 is 0.792 bits per heavy atom. The van der Waals surface area contributed by atoms with Crippen LogP contribution in [0.4, 0.5) is 0 Å². The van der Waals surface area contributed by atoms with Gasteiger partial charge in [0.05, 0.1) is 0 Å². The predicted octanol–water partition coefficient (Wildman–Crippen LogP) is 8.97. The highest BCUT2D eigenvalue weighted by molar-refractivity contribution is 5.31. The van der Waals surface area contributed by atoms with Crippen molar-refractivity contribution >= 4 is 0 Å². The molecule has 0 radical (unpaired) electrons. The standard InChI is InChI=1S/C15H16.4C2H6.CH4/c1-2-15(13-9-5-3-6-10-13)14-11-7-4-8-12-14;4*1-2;/h3-12,15H,2H2,1H3;4*1-2H3;1H4. The Balaban J connectivity index is -0.000000196. The number of hydrogen-bond acceptors (Lipinski definition) is 0. The number of benzene rings is 2. The summed E-state index contributed by atoms with van der Waals surface area (Å²) in [5.41, 5.74) is 2.82. The first-order chi connectivity index (χ1) is 11.4. The van der Waals surface area contributed by atoms with Crippen molar-refractivity contribution < 1.29 is 0 Å². The van der Waals surface area contributed by atoms with Crippen molar-refractivity contribution in [2.24, 2.45) is 0 Å². The molecule has 0 bridgehead atoms. The van der Waals surface area contributed by atoms with E-state index in [1.807, 2.05) is 55.4 Å². The maximum absolute atomic E-state index is 2.24. The van der Waals surface area contributed by atoms with E-state index in [4.69, 9.17) is 0 Å². The highest BCUT2D eigenvalue weighted by Gasteiger charge is 2.10. The number of hydrogen-bond donors (Lipinski definition) is 0. The highest BCUT2D eigenvalue weighted by atomic mass is 14.1. The van der Waals surface area contributed by atoms with E-state index < -0.39 is 0 Å². The largest absolute Gasteiger partial charge is 0.0776 e. The Bertz CT molecular complexity index is 349. The molecule has 0 aliphatic rings. The molecule has 2 aromatic carbocycles. The molecule has 0 saturated carbocycles. The van der Waals surface area contributed by atoms with Crippen molar-refractivity contribution in [3.8, 4) is 0 Å². The Kier molecular flexibility index (Phi) is 33.3. The lowest BCUT2D eigenvalue weighted by Gasteiger charge is -2.15. The summed E-state index contributed by atoms with van der Waals surface area (Å²) in [6, 6.07) is 21.4. The Labute approximate surface area is 154 Å². The van der Waals surface area contributed by atoms with Crippen LogP contribution in [0.1, 0.15) is 93.2 Å². The average molecular weight is 333 g/mol. The van der Waals surface area contributed by atoms with Gasteiger partial charge in [0.2, 0.25) is 0 Å². The van der Waals surface area contributed by atoms with Crippen LogP contribution >= 0.6 is 0 Å². The van der Waals surface area contributed by atoms with Gasteiger partial charge in [0.15, 0.2) is 0 Å². The van der Waals surface area contributed by atoms with Gasteiger partial charge in [-0.3, -0.25) is 0 Å². The first-order valence-electron chi connectivity index (χ1n) is 9.51. The minimum atomic E-state index is 0. The third kappa shape index (κ3) is 12.9. The van der Waals surface area contributed by atoms with E-state index >= 15 is 0 Å². The van der Waals surface area contributed by atoms with Gasteiger partial charge < -0.3 is 0 Å². The molecule has 0 N–H and O–H groups in total. The highest BCUT2D eigenvalue weighted by Crippen LogP contribution is 2.26.